The minimum atomic E-state index is -1.11. The van der Waals surface area contributed by atoms with Crippen molar-refractivity contribution < 1.29 is 23.9 Å². The first kappa shape index (κ1) is 31.9. The summed E-state index contributed by atoms with van der Waals surface area (Å²) in [6.07, 6.45) is -0.735. The number of benzene rings is 4. The Morgan fingerprint density at radius 1 is 0.705 bits per heavy atom. The molecule has 1 N–H and O–H groups in total. The van der Waals surface area contributed by atoms with Crippen molar-refractivity contribution in [3.05, 3.63) is 156 Å². The van der Waals surface area contributed by atoms with E-state index in [4.69, 9.17) is 18.8 Å². The van der Waals surface area contributed by atoms with E-state index in [2.05, 4.69) is 62.0 Å². The first-order valence-electron chi connectivity index (χ1n) is 15.4. The predicted molar refractivity (Wildman–Crippen MR) is 176 cm³/mol. The molecule has 0 bridgehead atoms. The SMILES string of the molecule is C=C(C)[C@@H](B1O[C@@H](C(OC)(c2ccccc2)c2ccccc2)[C@H](C(OC)(c2ccccc2)c2ccccc2)O1)[C@@H](O)CCC. The Labute approximate surface area is 262 Å². The highest BCUT2D eigenvalue weighted by Crippen LogP contribution is 2.52. The highest BCUT2D eigenvalue weighted by molar-refractivity contribution is 6.48. The number of hydrogen-bond acceptors (Lipinski definition) is 5. The van der Waals surface area contributed by atoms with Gasteiger partial charge >= 0.3 is 7.12 Å². The van der Waals surface area contributed by atoms with E-state index in [9.17, 15) is 5.11 Å². The van der Waals surface area contributed by atoms with Crippen LogP contribution in [0.15, 0.2) is 133 Å². The maximum atomic E-state index is 11.4. The van der Waals surface area contributed by atoms with Crippen LogP contribution in [0.5, 0.6) is 0 Å². The smallest absolute Gasteiger partial charge is 0.401 e. The molecule has 1 aliphatic rings. The predicted octanol–water partition coefficient (Wildman–Crippen LogP) is 7.55. The molecule has 4 aromatic carbocycles. The van der Waals surface area contributed by atoms with Crippen LogP contribution >= 0.6 is 0 Å². The minimum Gasteiger partial charge on any atom is -0.401 e. The molecule has 4 atom stereocenters. The summed E-state index contributed by atoms with van der Waals surface area (Å²) in [4.78, 5) is 0. The van der Waals surface area contributed by atoms with E-state index >= 15 is 0 Å². The zero-order valence-corrected chi connectivity index (χ0v) is 26.1. The van der Waals surface area contributed by atoms with E-state index in [0.717, 1.165) is 34.2 Å². The van der Waals surface area contributed by atoms with E-state index in [0.29, 0.717) is 6.42 Å². The van der Waals surface area contributed by atoms with Crippen LogP contribution in [0.25, 0.3) is 0 Å². The fraction of sp³-hybridized carbons (Fsp3) is 0.316. The Hall–Kier alpha value is -3.52. The van der Waals surface area contributed by atoms with Crippen molar-refractivity contribution in [3.8, 4) is 0 Å². The normalized spacial score (nSPS) is 18.6. The van der Waals surface area contributed by atoms with Crippen LogP contribution in [0, 0.1) is 0 Å². The van der Waals surface area contributed by atoms with Crippen LogP contribution in [-0.2, 0) is 30.0 Å². The van der Waals surface area contributed by atoms with Crippen molar-refractivity contribution in [1.29, 1.82) is 0 Å². The number of aliphatic hydroxyl groups is 1. The molecule has 1 fully saturated rings. The van der Waals surface area contributed by atoms with Gasteiger partial charge in [0.05, 0.1) is 6.10 Å². The Morgan fingerprint density at radius 2 is 1.02 bits per heavy atom. The lowest BCUT2D eigenvalue weighted by Crippen LogP contribution is -2.56. The molecule has 228 valence electrons. The number of aliphatic hydroxyl groups excluding tert-OH is 1. The van der Waals surface area contributed by atoms with Crippen LogP contribution in [0.4, 0.5) is 0 Å². The number of hydrogen-bond donors (Lipinski definition) is 1. The van der Waals surface area contributed by atoms with Crippen molar-refractivity contribution in [2.75, 3.05) is 14.2 Å². The van der Waals surface area contributed by atoms with Gasteiger partial charge in [-0.1, -0.05) is 140 Å². The van der Waals surface area contributed by atoms with E-state index in [-0.39, 0.29) is 0 Å². The quantitative estimate of drug-likeness (QED) is 0.129. The Kier molecular flexibility index (Phi) is 10.2. The summed E-state index contributed by atoms with van der Waals surface area (Å²) in [7, 11) is 2.62. The Balaban J connectivity index is 1.82. The van der Waals surface area contributed by atoms with Gasteiger partial charge in [-0.3, -0.25) is 0 Å². The molecule has 0 aliphatic carbocycles. The van der Waals surface area contributed by atoms with Gasteiger partial charge < -0.3 is 23.9 Å². The van der Waals surface area contributed by atoms with Gasteiger partial charge in [-0.2, -0.15) is 0 Å². The van der Waals surface area contributed by atoms with Gasteiger partial charge in [-0.15, -0.1) is 6.58 Å². The van der Waals surface area contributed by atoms with Crippen LogP contribution < -0.4 is 0 Å². The fourth-order valence-electron chi connectivity index (χ4n) is 6.91. The molecule has 1 aliphatic heterocycles. The average Bonchev–Trinajstić information content (AvgIpc) is 3.49. The summed E-state index contributed by atoms with van der Waals surface area (Å²) in [6.45, 7) is 8.25. The van der Waals surface area contributed by atoms with Gasteiger partial charge in [0, 0.05) is 20.0 Å². The molecule has 0 amide bonds. The Bertz CT molecular complexity index is 1290. The van der Waals surface area contributed by atoms with Gasteiger partial charge in [0.2, 0.25) is 0 Å². The van der Waals surface area contributed by atoms with E-state index in [1.807, 2.05) is 79.7 Å². The molecule has 6 heteroatoms. The molecule has 0 saturated carbocycles. The molecule has 44 heavy (non-hydrogen) atoms. The molecule has 0 spiro atoms. The monoisotopic (exact) mass is 590 g/mol. The molecule has 0 aromatic heterocycles. The first-order valence-corrected chi connectivity index (χ1v) is 15.4. The van der Waals surface area contributed by atoms with Crippen molar-refractivity contribution in [2.45, 2.75) is 62.0 Å². The van der Waals surface area contributed by atoms with Crippen molar-refractivity contribution in [1.82, 2.24) is 0 Å². The highest BCUT2D eigenvalue weighted by Gasteiger charge is 2.63. The minimum absolute atomic E-state index is 0.468. The fourth-order valence-corrected chi connectivity index (χ4v) is 6.91. The molecule has 1 saturated heterocycles. The summed E-state index contributed by atoms with van der Waals surface area (Å²) in [6, 6.07) is 40.5. The standard InChI is InChI=1S/C38H43BO5/c1-6-19-33(40)34(28(2)3)39-43-35(37(41-4,29-20-11-7-12-21-29)30-22-13-8-14-23-30)36(44-39)38(42-5,31-24-15-9-16-25-31)32-26-17-10-18-27-32/h7-18,20-27,33-36,40H,2,6,19H2,1,3-5H3/t33-,34+,35+,36+/m0/s1. The highest BCUT2D eigenvalue weighted by atomic mass is 16.7. The van der Waals surface area contributed by atoms with Crippen LogP contribution in [0.2, 0.25) is 5.82 Å². The van der Waals surface area contributed by atoms with Crippen molar-refractivity contribution in [3.63, 3.8) is 0 Å². The second kappa shape index (κ2) is 14.1. The molecule has 5 nitrogen and oxygen atoms in total. The van der Waals surface area contributed by atoms with Crippen LogP contribution in [0.1, 0.15) is 48.9 Å². The van der Waals surface area contributed by atoms with Crippen molar-refractivity contribution in [2.24, 2.45) is 0 Å². The number of methoxy groups -OCH3 is 2. The zero-order valence-electron chi connectivity index (χ0n) is 26.1. The summed E-state index contributed by atoms with van der Waals surface area (Å²) in [5.74, 6) is -0.468. The molecule has 5 rings (SSSR count). The molecular formula is C38H43BO5. The summed E-state index contributed by atoms with van der Waals surface area (Å²) in [5.41, 5.74) is 2.25. The second-order valence-electron chi connectivity index (χ2n) is 11.6. The van der Waals surface area contributed by atoms with E-state index < -0.39 is 42.4 Å². The molecule has 1 heterocycles. The third-order valence-corrected chi connectivity index (χ3v) is 8.95. The van der Waals surface area contributed by atoms with Crippen LogP contribution in [-0.4, -0.2) is 44.8 Å². The molecule has 0 radical (unpaired) electrons. The topological polar surface area (TPSA) is 57.2 Å². The lowest BCUT2D eigenvalue weighted by atomic mass is 9.64. The lowest BCUT2D eigenvalue weighted by Gasteiger charge is -2.47. The third-order valence-electron chi connectivity index (χ3n) is 8.95. The van der Waals surface area contributed by atoms with Crippen LogP contribution in [0.3, 0.4) is 0 Å². The second-order valence-corrected chi connectivity index (χ2v) is 11.6. The molecule has 0 unspecified atom stereocenters. The number of rotatable bonds is 13. The maximum Gasteiger partial charge on any atom is 0.468 e. The summed E-state index contributed by atoms with van der Waals surface area (Å²) >= 11 is 0. The van der Waals surface area contributed by atoms with Crippen molar-refractivity contribution >= 4 is 7.12 Å². The lowest BCUT2D eigenvalue weighted by molar-refractivity contribution is -0.136. The van der Waals surface area contributed by atoms with Gasteiger partial charge in [0.1, 0.15) is 23.4 Å². The maximum absolute atomic E-state index is 11.4. The van der Waals surface area contributed by atoms with Gasteiger partial charge in [0.25, 0.3) is 0 Å². The molecule has 4 aromatic rings. The van der Waals surface area contributed by atoms with Gasteiger partial charge in [-0.05, 0) is 35.6 Å². The zero-order chi connectivity index (χ0) is 31.2. The number of ether oxygens (including phenoxy) is 2. The molecular weight excluding hydrogens is 547 g/mol. The summed E-state index contributed by atoms with van der Waals surface area (Å²) in [5, 5.41) is 11.4. The summed E-state index contributed by atoms with van der Waals surface area (Å²) < 4.78 is 27.6. The van der Waals surface area contributed by atoms with Gasteiger partial charge in [0.15, 0.2) is 0 Å². The Morgan fingerprint density at radius 3 is 1.27 bits per heavy atom. The van der Waals surface area contributed by atoms with Gasteiger partial charge in [-0.25, -0.2) is 0 Å². The third kappa shape index (κ3) is 5.69. The first-order chi connectivity index (χ1) is 21.4. The van der Waals surface area contributed by atoms with E-state index in [1.54, 1.807) is 14.2 Å². The largest absolute Gasteiger partial charge is 0.468 e. The van der Waals surface area contributed by atoms with E-state index in [1.165, 1.54) is 0 Å². The average molecular weight is 591 g/mol.